The number of methoxy groups -OCH3 is 1. The number of fused-ring (bicyclic) bond motifs is 1. The molecule has 8 nitrogen and oxygen atoms in total. The Morgan fingerprint density at radius 1 is 1.30 bits per heavy atom. The smallest absolute Gasteiger partial charge is 0.226 e. The molecule has 0 spiro atoms. The molecule has 1 amide bonds. The molecule has 156 valence electrons. The van der Waals surface area contributed by atoms with E-state index in [4.69, 9.17) is 4.74 Å². The molecule has 4 aliphatic carbocycles. The standard InChI is InChI=1S/C22H26N6O2/c1-30-16-2-3-17-18(5-16)27-19(26-17)10-24-20(29)21-6-14-4-15(7-21)9-22(8-14,11-21)28-13-23-12-25-28/h2-3,5,12-15H,4,6-11H2,1H3,(H,24,29)(H,26,27). The lowest BCUT2D eigenvalue weighted by atomic mass is 9.46. The van der Waals surface area contributed by atoms with Crippen molar-refractivity contribution in [3.8, 4) is 5.75 Å². The number of aromatic nitrogens is 5. The van der Waals surface area contributed by atoms with Crippen LogP contribution in [0, 0.1) is 17.3 Å². The summed E-state index contributed by atoms with van der Waals surface area (Å²) in [4.78, 5) is 25.6. The van der Waals surface area contributed by atoms with Crippen LogP contribution < -0.4 is 10.1 Å². The molecule has 2 atom stereocenters. The van der Waals surface area contributed by atoms with Gasteiger partial charge in [-0.3, -0.25) is 4.79 Å². The highest BCUT2D eigenvalue weighted by molar-refractivity contribution is 5.83. The van der Waals surface area contributed by atoms with E-state index in [9.17, 15) is 4.79 Å². The van der Waals surface area contributed by atoms with Crippen LogP contribution >= 0.6 is 0 Å². The summed E-state index contributed by atoms with van der Waals surface area (Å²) in [6.07, 6.45) is 9.77. The number of aromatic amines is 1. The second-order valence-electron chi connectivity index (χ2n) is 9.56. The highest BCUT2D eigenvalue weighted by atomic mass is 16.5. The molecule has 1 aromatic carbocycles. The van der Waals surface area contributed by atoms with Gasteiger partial charge in [-0.05, 0) is 62.5 Å². The van der Waals surface area contributed by atoms with Crippen molar-refractivity contribution in [2.75, 3.05) is 7.11 Å². The molecule has 2 heterocycles. The average molecular weight is 406 g/mol. The Balaban J connectivity index is 1.23. The highest BCUT2D eigenvalue weighted by Crippen LogP contribution is 2.64. The fourth-order valence-corrected chi connectivity index (χ4v) is 6.80. The maximum absolute atomic E-state index is 13.5. The molecule has 2 aromatic heterocycles. The van der Waals surface area contributed by atoms with Crippen molar-refractivity contribution in [2.24, 2.45) is 17.3 Å². The summed E-state index contributed by atoms with van der Waals surface area (Å²) in [5.74, 6) is 2.91. The fraction of sp³-hybridized carbons (Fsp3) is 0.545. The lowest BCUT2D eigenvalue weighted by molar-refractivity contribution is -0.156. The average Bonchev–Trinajstić information content (AvgIpc) is 3.40. The van der Waals surface area contributed by atoms with Gasteiger partial charge < -0.3 is 15.0 Å². The van der Waals surface area contributed by atoms with Gasteiger partial charge in [0.25, 0.3) is 0 Å². The van der Waals surface area contributed by atoms with Crippen LogP contribution in [0.4, 0.5) is 0 Å². The molecule has 0 saturated heterocycles. The van der Waals surface area contributed by atoms with Crippen LogP contribution in [-0.2, 0) is 16.9 Å². The molecule has 2 N–H and O–H groups in total. The number of benzene rings is 1. The van der Waals surface area contributed by atoms with Crippen LogP contribution in [0.5, 0.6) is 5.75 Å². The maximum atomic E-state index is 13.5. The Labute approximate surface area is 174 Å². The molecule has 3 aromatic rings. The Hall–Kier alpha value is -2.90. The van der Waals surface area contributed by atoms with Gasteiger partial charge in [-0.1, -0.05) is 0 Å². The van der Waals surface area contributed by atoms with E-state index >= 15 is 0 Å². The molecular weight excluding hydrogens is 380 g/mol. The quantitative estimate of drug-likeness (QED) is 0.679. The summed E-state index contributed by atoms with van der Waals surface area (Å²) in [5.41, 5.74) is 1.44. The van der Waals surface area contributed by atoms with Gasteiger partial charge in [-0.2, -0.15) is 5.10 Å². The fourth-order valence-electron chi connectivity index (χ4n) is 6.80. The van der Waals surface area contributed by atoms with E-state index in [1.165, 1.54) is 6.42 Å². The van der Waals surface area contributed by atoms with Gasteiger partial charge in [-0.25, -0.2) is 14.6 Å². The van der Waals surface area contributed by atoms with Crippen molar-refractivity contribution in [3.05, 3.63) is 36.7 Å². The second kappa shape index (κ2) is 6.30. The summed E-state index contributed by atoms with van der Waals surface area (Å²) in [6.45, 7) is 0.406. The van der Waals surface area contributed by atoms with Crippen molar-refractivity contribution >= 4 is 16.9 Å². The third-order valence-electron chi connectivity index (χ3n) is 7.57. The molecule has 4 aliphatic rings. The van der Waals surface area contributed by atoms with Gasteiger partial charge in [-0.15, -0.1) is 0 Å². The Kier molecular flexibility index (Phi) is 3.76. The normalized spacial score (nSPS) is 31.9. The molecule has 0 aliphatic heterocycles. The third kappa shape index (κ3) is 2.66. The van der Waals surface area contributed by atoms with E-state index in [1.807, 2.05) is 29.2 Å². The zero-order valence-corrected chi connectivity index (χ0v) is 17.1. The largest absolute Gasteiger partial charge is 0.497 e. The summed E-state index contributed by atoms with van der Waals surface area (Å²) in [7, 11) is 1.65. The number of carbonyl (C=O) groups excluding carboxylic acids is 1. The van der Waals surface area contributed by atoms with Crippen LogP contribution in [0.3, 0.4) is 0 Å². The van der Waals surface area contributed by atoms with E-state index in [0.29, 0.717) is 18.4 Å². The molecule has 4 fully saturated rings. The van der Waals surface area contributed by atoms with Gasteiger partial charge in [0.15, 0.2) is 0 Å². The lowest BCUT2D eigenvalue weighted by Gasteiger charge is -2.60. The predicted octanol–water partition coefficient (Wildman–Crippen LogP) is 2.77. The molecular formula is C22H26N6O2. The number of ether oxygens (including phenoxy) is 1. The van der Waals surface area contributed by atoms with E-state index in [-0.39, 0.29) is 16.9 Å². The SMILES string of the molecule is COc1ccc2nc(CNC(=O)C34CC5CC(C3)CC(n3cncn3)(C5)C4)[nH]c2c1. The monoisotopic (exact) mass is 406 g/mol. The number of hydrogen-bond acceptors (Lipinski definition) is 5. The number of H-pyrrole nitrogens is 1. The first-order valence-corrected chi connectivity index (χ1v) is 10.7. The van der Waals surface area contributed by atoms with E-state index in [0.717, 1.165) is 54.7 Å². The number of rotatable bonds is 5. The Morgan fingerprint density at radius 2 is 2.13 bits per heavy atom. The van der Waals surface area contributed by atoms with E-state index < -0.39 is 0 Å². The van der Waals surface area contributed by atoms with Crippen molar-refractivity contribution < 1.29 is 9.53 Å². The zero-order chi connectivity index (χ0) is 20.3. The van der Waals surface area contributed by atoms with Crippen molar-refractivity contribution in [2.45, 2.75) is 50.6 Å². The molecule has 8 heteroatoms. The van der Waals surface area contributed by atoms with Crippen molar-refractivity contribution in [1.82, 2.24) is 30.0 Å². The summed E-state index contributed by atoms with van der Waals surface area (Å²) in [6, 6.07) is 5.75. The van der Waals surface area contributed by atoms with E-state index in [2.05, 4.69) is 25.4 Å². The van der Waals surface area contributed by atoms with Gasteiger partial charge in [0.1, 0.15) is 24.2 Å². The first-order valence-electron chi connectivity index (χ1n) is 10.7. The number of nitrogens with one attached hydrogen (secondary N) is 2. The summed E-state index contributed by atoms with van der Waals surface area (Å²) >= 11 is 0. The van der Waals surface area contributed by atoms with Crippen LogP contribution in [0.25, 0.3) is 11.0 Å². The third-order valence-corrected chi connectivity index (χ3v) is 7.57. The minimum absolute atomic E-state index is 0.0478. The minimum atomic E-state index is -0.300. The van der Waals surface area contributed by atoms with Crippen LogP contribution in [-0.4, -0.2) is 37.7 Å². The van der Waals surface area contributed by atoms with Gasteiger partial charge in [0.05, 0.1) is 35.6 Å². The molecule has 4 bridgehead atoms. The second-order valence-corrected chi connectivity index (χ2v) is 9.56. The molecule has 7 rings (SSSR count). The van der Waals surface area contributed by atoms with Crippen molar-refractivity contribution in [3.63, 3.8) is 0 Å². The minimum Gasteiger partial charge on any atom is -0.497 e. The molecule has 2 unspecified atom stereocenters. The molecule has 30 heavy (non-hydrogen) atoms. The van der Waals surface area contributed by atoms with Crippen LogP contribution in [0.2, 0.25) is 0 Å². The maximum Gasteiger partial charge on any atom is 0.226 e. The first kappa shape index (κ1) is 17.9. The Morgan fingerprint density at radius 3 is 2.87 bits per heavy atom. The predicted molar refractivity (Wildman–Crippen MR) is 110 cm³/mol. The Bertz CT molecular complexity index is 1090. The van der Waals surface area contributed by atoms with Gasteiger partial charge in [0, 0.05) is 6.07 Å². The van der Waals surface area contributed by atoms with Crippen LogP contribution in [0.15, 0.2) is 30.9 Å². The number of hydrogen-bond donors (Lipinski definition) is 2. The summed E-state index contributed by atoms with van der Waals surface area (Å²) in [5, 5.41) is 7.68. The number of carbonyl (C=O) groups is 1. The molecule has 4 saturated carbocycles. The topological polar surface area (TPSA) is 97.7 Å². The van der Waals surface area contributed by atoms with Crippen LogP contribution in [0.1, 0.15) is 44.3 Å². The number of imidazole rings is 1. The first-order chi connectivity index (χ1) is 14.6. The van der Waals surface area contributed by atoms with Crippen molar-refractivity contribution in [1.29, 1.82) is 0 Å². The highest BCUT2D eigenvalue weighted by Gasteiger charge is 2.61. The van der Waals surface area contributed by atoms with Gasteiger partial charge >= 0.3 is 0 Å². The number of nitrogens with zero attached hydrogens (tertiary/aromatic N) is 4. The van der Waals surface area contributed by atoms with Gasteiger partial charge in [0.2, 0.25) is 5.91 Å². The molecule has 0 radical (unpaired) electrons. The number of amides is 1. The zero-order valence-electron chi connectivity index (χ0n) is 17.1. The summed E-state index contributed by atoms with van der Waals surface area (Å²) < 4.78 is 7.32. The van der Waals surface area contributed by atoms with E-state index in [1.54, 1.807) is 13.4 Å². The lowest BCUT2D eigenvalue weighted by Crippen LogP contribution is -2.61.